The Bertz CT molecular complexity index is 970. The van der Waals surface area contributed by atoms with E-state index in [4.69, 9.17) is 9.47 Å². The fourth-order valence-electron chi connectivity index (χ4n) is 3.53. The van der Waals surface area contributed by atoms with Gasteiger partial charge in [0.25, 0.3) is 0 Å². The number of rotatable bonds is 4. The van der Waals surface area contributed by atoms with Gasteiger partial charge in [0, 0.05) is 44.0 Å². The molecule has 2 heterocycles. The van der Waals surface area contributed by atoms with Crippen LogP contribution in [0.15, 0.2) is 36.4 Å². The average Bonchev–Trinajstić information content (AvgIpc) is 3.15. The van der Waals surface area contributed by atoms with Crippen LogP contribution in [0.3, 0.4) is 0 Å². The monoisotopic (exact) mass is 406 g/mol. The van der Waals surface area contributed by atoms with E-state index in [1.54, 1.807) is 20.3 Å². The SMILES string of the molecule is COc1cc2nc(N3CCN(c4cccc(C(F)(F)F)c4)CC3)[nH]c2cc1OC. The summed E-state index contributed by atoms with van der Waals surface area (Å²) in [5.74, 6) is 1.94. The molecular weight excluding hydrogens is 385 g/mol. The van der Waals surface area contributed by atoms with Gasteiger partial charge >= 0.3 is 6.18 Å². The van der Waals surface area contributed by atoms with E-state index in [0.717, 1.165) is 23.0 Å². The topological polar surface area (TPSA) is 53.6 Å². The van der Waals surface area contributed by atoms with Crippen molar-refractivity contribution in [2.45, 2.75) is 6.18 Å². The lowest BCUT2D eigenvalue weighted by Gasteiger charge is -2.36. The van der Waals surface area contributed by atoms with Crippen molar-refractivity contribution in [2.24, 2.45) is 0 Å². The first-order valence-corrected chi connectivity index (χ1v) is 9.18. The number of piperazine rings is 1. The van der Waals surface area contributed by atoms with E-state index >= 15 is 0 Å². The third-order valence-electron chi connectivity index (χ3n) is 5.09. The van der Waals surface area contributed by atoms with Gasteiger partial charge < -0.3 is 24.3 Å². The van der Waals surface area contributed by atoms with Crippen LogP contribution in [0.2, 0.25) is 0 Å². The van der Waals surface area contributed by atoms with Gasteiger partial charge in [0.05, 0.1) is 30.8 Å². The zero-order valence-electron chi connectivity index (χ0n) is 16.1. The molecule has 0 aliphatic carbocycles. The average molecular weight is 406 g/mol. The molecular formula is C20H21F3N4O2. The highest BCUT2D eigenvalue weighted by atomic mass is 19.4. The summed E-state index contributed by atoms with van der Waals surface area (Å²) in [5.41, 5.74) is 1.55. The highest BCUT2D eigenvalue weighted by Gasteiger charge is 2.31. The number of nitrogens with one attached hydrogen (secondary N) is 1. The third-order valence-corrected chi connectivity index (χ3v) is 5.09. The highest BCUT2D eigenvalue weighted by molar-refractivity contribution is 5.82. The molecule has 0 amide bonds. The smallest absolute Gasteiger partial charge is 0.416 e. The molecule has 1 fully saturated rings. The summed E-state index contributed by atoms with van der Waals surface area (Å²) in [6, 6.07) is 9.11. The van der Waals surface area contributed by atoms with E-state index in [-0.39, 0.29) is 0 Å². The van der Waals surface area contributed by atoms with E-state index in [0.29, 0.717) is 43.4 Å². The summed E-state index contributed by atoms with van der Waals surface area (Å²) < 4.78 is 49.6. The Morgan fingerprint density at radius 2 is 1.59 bits per heavy atom. The number of anilines is 2. The molecule has 1 aliphatic heterocycles. The van der Waals surface area contributed by atoms with Crippen molar-refractivity contribution in [2.75, 3.05) is 50.2 Å². The summed E-state index contributed by atoms with van der Waals surface area (Å²) in [6.45, 7) is 2.49. The molecule has 3 aromatic rings. The molecule has 1 saturated heterocycles. The summed E-state index contributed by atoms with van der Waals surface area (Å²) >= 11 is 0. The second kappa shape index (κ2) is 7.38. The molecule has 0 saturated carbocycles. The number of alkyl halides is 3. The number of ether oxygens (including phenoxy) is 2. The number of nitrogens with zero attached hydrogens (tertiary/aromatic N) is 3. The molecule has 1 aromatic heterocycles. The predicted octanol–water partition coefficient (Wildman–Crippen LogP) is 3.93. The molecule has 6 nitrogen and oxygen atoms in total. The Hall–Kier alpha value is -3.10. The summed E-state index contributed by atoms with van der Waals surface area (Å²) in [5, 5.41) is 0. The predicted molar refractivity (Wildman–Crippen MR) is 105 cm³/mol. The van der Waals surface area contributed by atoms with Crippen LogP contribution in [0.1, 0.15) is 5.56 Å². The first kappa shape index (κ1) is 19.2. The fourth-order valence-corrected chi connectivity index (χ4v) is 3.53. The third kappa shape index (κ3) is 3.76. The van der Waals surface area contributed by atoms with E-state index in [9.17, 15) is 13.2 Å². The van der Waals surface area contributed by atoms with E-state index in [2.05, 4.69) is 14.9 Å². The Kier molecular flexibility index (Phi) is 4.89. The number of imidazole rings is 1. The lowest BCUT2D eigenvalue weighted by atomic mass is 10.1. The van der Waals surface area contributed by atoms with Crippen LogP contribution in [0, 0.1) is 0 Å². The largest absolute Gasteiger partial charge is 0.493 e. The van der Waals surface area contributed by atoms with E-state index in [1.165, 1.54) is 12.1 Å². The minimum atomic E-state index is -4.34. The number of fused-ring (bicyclic) bond motifs is 1. The molecule has 29 heavy (non-hydrogen) atoms. The summed E-state index contributed by atoms with van der Waals surface area (Å²) in [7, 11) is 3.15. The van der Waals surface area contributed by atoms with Crippen molar-refractivity contribution < 1.29 is 22.6 Å². The molecule has 9 heteroatoms. The van der Waals surface area contributed by atoms with Gasteiger partial charge in [-0.3, -0.25) is 0 Å². The van der Waals surface area contributed by atoms with Gasteiger partial charge in [-0.1, -0.05) is 6.07 Å². The number of methoxy groups -OCH3 is 2. The minimum Gasteiger partial charge on any atom is -0.493 e. The molecule has 0 radical (unpaired) electrons. The van der Waals surface area contributed by atoms with Gasteiger partial charge in [-0.2, -0.15) is 13.2 Å². The number of hydrogen-bond acceptors (Lipinski definition) is 5. The van der Waals surface area contributed by atoms with Gasteiger partial charge in [-0.25, -0.2) is 4.98 Å². The lowest BCUT2D eigenvalue weighted by molar-refractivity contribution is -0.137. The quantitative estimate of drug-likeness (QED) is 0.712. The number of benzene rings is 2. The highest BCUT2D eigenvalue weighted by Crippen LogP contribution is 2.33. The van der Waals surface area contributed by atoms with Gasteiger partial charge in [0.15, 0.2) is 11.5 Å². The summed E-state index contributed by atoms with van der Waals surface area (Å²) in [4.78, 5) is 12.0. The van der Waals surface area contributed by atoms with Crippen molar-refractivity contribution in [3.63, 3.8) is 0 Å². The van der Waals surface area contributed by atoms with Gasteiger partial charge in [-0.15, -0.1) is 0 Å². The van der Waals surface area contributed by atoms with Crippen molar-refractivity contribution in [3.05, 3.63) is 42.0 Å². The first-order valence-electron chi connectivity index (χ1n) is 9.18. The van der Waals surface area contributed by atoms with Crippen LogP contribution in [-0.4, -0.2) is 50.4 Å². The molecule has 4 rings (SSSR count). The number of H-pyrrole nitrogens is 1. The Labute approximate surface area is 165 Å². The van der Waals surface area contributed by atoms with Gasteiger partial charge in [-0.05, 0) is 18.2 Å². The van der Waals surface area contributed by atoms with E-state index in [1.807, 2.05) is 17.0 Å². The molecule has 2 aromatic carbocycles. The maximum absolute atomic E-state index is 13.0. The minimum absolute atomic E-state index is 0.582. The second-order valence-electron chi connectivity index (χ2n) is 6.81. The maximum atomic E-state index is 13.0. The molecule has 1 aliphatic rings. The van der Waals surface area contributed by atoms with Gasteiger partial charge in [0.2, 0.25) is 5.95 Å². The van der Waals surface area contributed by atoms with Crippen LogP contribution >= 0.6 is 0 Å². The van der Waals surface area contributed by atoms with Gasteiger partial charge in [0.1, 0.15) is 0 Å². The van der Waals surface area contributed by atoms with Crippen molar-refractivity contribution >= 4 is 22.7 Å². The number of hydrogen-bond donors (Lipinski definition) is 1. The molecule has 0 spiro atoms. The van der Waals surface area contributed by atoms with Crippen LogP contribution in [-0.2, 0) is 6.18 Å². The Morgan fingerprint density at radius 1 is 0.931 bits per heavy atom. The molecule has 1 N–H and O–H groups in total. The zero-order valence-corrected chi connectivity index (χ0v) is 16.1. The molecule has 0 unspecified atom stereocenters. The number of aromatic amines is 1. The molecule has 154 valence electrons. The van der Waals surface area contributed by atoms with Crippen LogP contribution in [0.25, 0.3) is 11.0 Å². The van der Waals surface area contributed by atoms with E-state index < -0.39 is 11.7 Å². The second-order valence-corrected chi connectivity index (χ2v) is 6.81. The number of halogens is 3. The summed E-state index contributed by atoms with van der Waals surface area (Å²) in [6.07, 6.45) is -4.34. The van der Waals surface area contributed by atoms with Crippen molar-refractivity contribution in [1.29, 1.82) is 0 Å². The van der Waals surface area contributed by atoms with Crippen LogP contribution in [0.4, 0.5) is 24.8 Å². The van der Waals surface area contributed by atoms with Crippen molar-refractivity contribution in [1.82, 2.24) is 9.97 Å². The lowest BCUT2D eigenvalue weighted by Crippen LogP contribution is -2.47. The number of aromatic nitrogens is 2. The molecule has 0 bridgehead atoms. The Balaban J connectivity index is 1.50. The standard InChI is InChI=1S/C20H21F3N4O2/c1-28-17-11-15-16(12-18(17)29-2)25-19(24-15)27-8-6-26(7-9-27)14-5-3-4-13(10-14)20(21,22)23/h3-5,10-12H,6-9H2,1-2H3,(H,24,25). The first-order chi connectivity index (χ1) is 13.9. The molecule has 0 atom stereocenters. The Morgan fingerprint density at radius 3 is 2.24 bits per heavy atom. The van der Waals surface area contributed by atoms with Crippen molar-refractivity contribution in [3.8, 4) is 11.5 Å². The van der Waals surface area contributed by atoms with Crippen LogP contribution in [0.5, 0.6) is 11.5 Å². The normalized spacial score (nSPS) is 15.1. The zero-order chi connectivity index (χ0) is 20.6. The fraction of sp³-hybridized carbons (Fsp3) is 0.350. The maximum Gasteiger partial charge on any atom is 0.416 e. The van der Waals surface area contributed by atoms with Crippen LogP contribution < -0.4 is 19.3 Å².